The summed E-state index contributed by atoms with van der Waals surface area (Å²) < 4.78 is 0. The molecule has 0 aliphatic carbocycles. The fourth-order valence-corrected chi connectivity index (χ4v) is 3.22. The average Bonchev–Trinajstić information content (AvgIpc) is 2.77. The van der Waals surface area contributed by atoms with Gasteiger partial charge in [-0.2, -0.15) is 0 Å². The van der Waals surface area contributed by atoms with Crippen molar-refractivity contribution in [2.75, 3.05) is 26.2 Å². The van der Waals surface area contributed by atoms with E-state index in [4.69, 9.17) is 0 Å². The molecule has 1 unspecified atom stereocenters. The van der Waals surface area contributed by atoms with Crippen LogP contribution in [0.25, 0.3) is 0 Å². The van der Waals surface area contributed by atoms with Crippen LogP contribution in [0.1, 0.15) is 24.5 Å². The molecule has 2 N–H and O–H groups in total. The second-order valence-electron chi connectivity index (χ2n) is 6.01. The number of H-pyrrole nitrogens is 1. The molecule has 1 aromatic heterocycles. The molecular formula is C14H22ClN3O. The van der Waals surface area contributed by atoms with Crippen LogP contribution in [0.3, 0.4) is 0 Å². The van der Waals surface area contributed by atoms with E-state index in [1.54, 1.807) is 6.20 Å². The predicted molar refractivity (Wildman–Crippen MR) is 78.9 cm³/mol. The highest BCUT2D eigenvalue weighted by Gasteiger charge is 2.32. The fraction of sp³-hybridized carbons (Fsp3) is 0.643. The standard InChI is InChI=1S/C14H21N3O.ClH/c1-14(4-6-15-9-14)10-17-7-3-11-2-5-16-13(18)12(11)8-17;/h2,5,15H,3-4,6-10H2,1H3,(H,16,18);1H. The van der Waals surface area contributed by atoms with Crippen LogP contribution in [0.2, 0.25) is 0 Å². The van der Waals surface area contributed by atoms with E-state index in [0.717, 1.165) is 44.7 Å². The Hall–Kier alpha value is -0.840. The first kappa shape index (κ1) is 14.6. The van der Waals surface area contributed by atoms with Gasteiger partial charge in [0, 0.05) is 37.9 Å². The van der Waals surface area contributed by atoms with Gasteiger partial charge in [-0.15, -0.1) is 12.4 Å². The number of rotatable bonds is 2. The molecule has 0 aromatic carbocycles. The topological polar surface area (TPSA) is 48.1 Å². The summed E-state index contributed by atoms with van der Waals surface area (Å²) in [6.07, 6.45) is 4.00. The van der Waals surface area contributed by atoms with Crippen molar-refractivity contribution in [2.45, 2.75) is 26.3 Å². The van der Waals surface area contributed by atoms with Gasteiger partial charge in [0.25, 0.3) is 5.56 Å². The second kappa shape index (κ2) is 5.65. The Balaban J connectivity index is 0.00000133. The monoisotopic (exact) mass is 283 g/mol. The van der Waals surface area contributed by atoms with Gasteiger partial charge in [0.15, 0.2) is 0 Å². The Morgan fingerprint density at radius 2 is 2.32 bits per heavy atom. The smallest absolute Gasteiger partial charge is 0.252 e. The van der Waals surface area contributed by atoms with Crippen molar-refractivity contribution in [3.8, 4) is 0 Å². The van der Waals surface area contributed by atoms with Crippen LogP contribution in [0.5, 0.6) is 0 Å². The van der Waals surface area contributed by atoms with Crippen LogP contribution in [0, 0.1) is 5.41 Å². The Morgan fingerprint density at radius 1 is 1.47 bits per heavy atom. The number of hydrogen-bond acceptors (Lipinski definition) is 3. The molecule has 19 heavy (non-hydrogen) atoms. The van der Waals surface area contributed by atoms with Crippen LogP contribution in [-0.2, 0) is 13.0 Å². The van der Waals surface area contributed by atoms with E-state index in [2.05, 4.69) is 22.1 Å². The van der Waals surface area contributed by atoms with Crippen LogP contribution in [-0.4, -0.2) is 36.1 Å². The summed E-state index contributed by atoms with van der Waals surface area (Å²) in [7, 11) is 0. The summed E-state index contributed by atoms with van der Waals surface area (Å²) >= 11 is 0. The Morgan fingerprint density at radius 3 is 3.05 bits per heavy atom. The molecule has 5 heteroatoms. The zero-order chi connectivity index (χ0) is 12.6. The zero-order valence-electron chi connectivity index (χ0n) is 11.4. The molecule has 0 spiro atoms. The molecule has 4 nitrogen and oxygen atoms in total. The van der Waals surface area contributed by atoms with Crippen molar-refractivity contribution in [3.63, 3.8) is 0 Å². The van der Waals surface area contributed by atoms with E-state index >= 15 is 0 Å². The molecule has 2 aliphatic heterocycles. The molecule has 3 heterocycles. The summed E-state index contributed by atoms with van der Waals surface area (Å²) in [5.74, 6) is 0. The van der Waals surface area contributed by atoms with E-state index < -0.39 is 0 Å². The minimum atomic E-state index is 0. The highest BCUT2D eigenvalue weighted by atomic mass is 35.5. The van der Waals surface area contributed by atoms with E-state index in [-0.39, 0.29) is 18.0 Å². The highest BCUT2D eigenvalue weighted by Crippen LogP contribution is 2.27. The van der Waals surface area contributed by atoms with Gasteiger partial charge in [0.2, 0.25) is 0 Å². The van der Waals surface area contributed by atoms with Crippen LogP contribution >= 0.6 is 12.4 Å². The second-order valence-corrected chi connectivity index (χ2v) is 6.01. The normalized spacial score (nSPS) is 26.8. The minimum absolute atomic E-state index is 0. The molecule has 2 aliphatic rings. The number of pyridine rings is 1. The van der Waals surface area contributed by atoms with E-state index in [1.807, 2.05) is 6.07 Å². The van der Waals surface area contributed by atoms with Crippen LogP contribution < -0.4 is 10.9 Å². The molecule has 0 bridgehead atoms. The maximum Gasteiger partial charge on any atom is 0.252 e. The van der Waals surface area contributed by atoms with Gasteiger partial charge in [0.1, 0.15) is 0 Å². The van der Waals surface area contributed by atoms with Crippen molar-refractivity contribution >= 4 is 12.4 Å². The molecular weight excluding hydrogens is 262 g/mol. The predicted octanol–water partition coefficient (Wildman–Crippen LogP) is 1.15. The van der Waals surface area contributed by atoms with Gasteiger partial charge in [-0.25, -0.2) is 0 Å². The van der Waals surface area contributed by atoms with Crippen molar-refractivity contribution in [3.05, 3.63) is 33.7 Å². The summed E-state index contributed by atoms with van der Waals surface area (Å²) in [5.41, 5.74) is 2.66. The molecule has 0 saturated carbocycles. The third kappa shape index (κ3) is 3.02. The Kier molecular flexibility index (Phi) is 4.33. The first-order chi connectivity index (χ1) is 8.66. The first-order valence-corrected chi connectivity index (χ1v) is 6.79. The summed E-state index contributed by atoms with van der Waals surface area (Å²) in [5, 5.41) is 3.44. The van der Waals surface area contributed by atoms with Crippen LogP contribution in [0.4, 0.5) is 0 Å². The van der Waals surface area contributed by atoms with Crippen LogP contribution in [0.15, 0.2) is 17.1 Å². The third-order valence-electron chi connectivity index (χ3n) is 4.30. The average molecular weight is 284 g/mol. The quantitative estimate of drug-likeness (QED) is 0.856. The number of hydrogen-bond donors (Lipinski definition) is 2. The fourth-order valence-electron chi connectivity index (χ4n) is 3.22. The molecule has 1 aromatic rings. The number of aromatic amines is 1. The van der Waals surface area contributed by atoms with Gasteiger partial charge in [-0.1, -0.05) is 6.92 Å². The van der Waals surface area contributed by atoms with Crippen molar-refractivity contribution in [1.29, 1.82) is 0 Å². The SMILES string of the molecule is CC1(CN2CCc3cc[nH]c(=O)c3C2)CCNC1.Cl. The van der Waals surface area contributed by atoms with Gasteiger partial charge < -0.3 is 10.3 Å². The lowest BCUT2D eigenvalue weighted by Gasteiger charge is -2.34. The molecule has 3 rings (SSSR count). The lowest BCUT2D eigenvalue weighted by Crippen LogP contribution is -2.41. The van der Waals surface area contributed by atoms with Crippen molar-refractivity contribution in [1.82, 2.24) is 15.2 Å². The summed E-state index contributed by atoms with van der Waals surface area (Å²) in [6, 6.07) is 2.05. The Bertz CT molecular complexity index is 494. The zero-order valence-corrected chi connectivity index (χ0v) is 12.2. The van der Waals surface area contributed by atoms with Crippen molar-refractivity contribution < 1.29 is 0 Å². The molecule has 1 fully saturated rings. The van der Waals surface area contributed by atoms with Gasteiger partial charge in [-0.3, -0.25) is 9.69 Å². The van der Waals surface area contributed by atoms with E-state index in [0.29, 0.717) is 5.41 Å². The van der Waals surface area contributed by atoms with Gasteiger partial charge in [-0.05, 0) is 36.4 Å². The maximum atomic E-state index is 11.8. The summed E-state index contributed by atoms with van der Waals surface area (Å²) in [6.45, 7) is 7.54. The molecule has 106 valence electrons. The Labute approximate surface area is 120 Å². The number of nitrogens with one attached hydrogen (secondary N) is 2. The number of nitrogens with zero attached hydrogens (tertiary/aromatic N) is 1. The third-order valence-corrected chi connectivity index (χ3v) is 4.30. The van der Waals surface area contributed by atoms with E-state index in [9.17, 15) is 4.79 Å². The lowest BCUT2D eigenvalue weighted by molar-refractivity contribution is 0.163. The summed E-state index contributed by atoms with van der Waals surface area (Å²) in [4.78, 5) is 17.1. The molecule has 1 atom stereocenters. The van der Waals surface area contributed by atoms with E-state index in [1.165, 1.54) is 12.0 Å². The number of fused-ring (bicyclic) bond motifs is 1. The highest BCUT2D eigenvalue weighted by molar-refractivity contribution is 5.85. The van der Waals surface area contributed by atoms with Gasteiger partial charge in [0.05, 0.1) is 0 Å². The first-order valence-electron chi connectivity index (χ1n) is 6.79. The molecule has 0 radical (unpaired) electrons. The van der Waals surface area contributed by atoms with Gasteiger partial charge >= 0.3 is 0 Å². The minimum Gasteiger partial charge on any atom is -0.329 e. The number of halogens is 1. The molecule has 0 amide bonds. The maximum absolute atomic E-state index is 11.8. The molecule has 1 saturated heterocycles. The largest absolute Gasteiger partial charge is 0.329 e. The van der Waals surface area contributed by atoms with Crippen molar-refractivity contribution in [2.24, 2.45) is 5.41 Å². The lowest BCUT2D eigenvalue weighted by atomic mass is 9.88. The number of aromatic nitrogens is 1.